The van der Waals surface area contributed by atoms with Gasteiger partial charge in [-0.3, -0.25) is 9.69 Å². The van der Waals surface area contributed by atoms with Crippen molar-refractivity contribution >= 4 is 27.5 Å². The first-order valence-electron chi connectivity index (χ1n) is 6.99. The lowest BCUT2D eigenvalue weighted by Crippen LogP contribution is -2.41. The molecule has 4 heteroatoms. The van der Waals surface area contributed by atoms with Crippen molar-refractivity contribution in [3.63, 3.8) is 0 Å². The van der Waals surface area contributed by atoms with Crippen molar-refractivity contribution in [3.8, 4) is 0 Å². The Morgan fingerprint density at radius 1 is 1.26 bits per heavy atom. The highest BCUT2D eigenvalue weighted by Gasteiger charge is 2.45. The Balaban J connectivity index is 1.67. The summed E-state index contributed by atoms with van der Waals surface area (Å²) in [5, 5.41) is 3.03. The molecule has 0 saturated carbocycles. The van der Waals surface area contributed by atoms with Crippen LogP contribution in [0.5, 0.6) is 0 Å². The Kier molecular flexibility index (Phi) is 3.63. The van der Waals surface area contributed by atoms with Crippen LogP contribution in [0.15, 0.2) is 28.7 Å². The number of nitrogens with one attached hydrogen (secondary N) is 1. The summed E-state index contributed by atoms with van der Waals surface area (Å²) in [7, 11) is 0. The lowest BCUT2D eigenvalue weighted by molar-refractivity contribution is -0.118. The van der Waals surface area contributed by atoms with E-state index in [1.54, 1.807) is 0 Å². The number of hydrogen-bond donors (Lipinski definition) is 1. The Morgan fingerprint density at radius 2 is 1.95 bits per heavy atom. The molecule has 19 heavy (non-hydrogen) atoms. The number of anilines is 1. The monoisotopic (exact) mass is 322 g/mol. The largest absolute Gasteiger partial charge is 0.325 e. The maximum Gasteiger partial charge on any atom is 0.226 e. The molecule has 102 valence electrons. The number of nitrogens with zero attached hydrogens (tertiary/aromatic N) is 1. The number of rotatable bonds is 3. The van der Waals surface area contributed by atoms with Gasteiger partial charge in [-0.15, -0.1) is 0 Å². The molecule has 2 heterocycles. The van der Waals surface area contributed by atoms with Crippen LogP contribution >= 0.6 is 15.9 Å². The number of fused-ring (bicyclic) bond motifs is 1. The number of halogens is 1. The van der Waals surface area contributed by atoms with E-state index in [1.807, 2.05) is 24.3 Å². The molecule has 0 spiro atoms. The first kappa shape index (κ1) is 13.1. The van der Waals surface area contributed by atoms with Crippen LogP contribution in [0, 0.1) is 0 Å². The van der Waals surface area contributed by atoms with Gasteiger partial charge in [-0.25, -0.2) is 0 Å². The van der Waals surface area contributed by atoms with Gasteiger partial charge in [0.1, 0.15) is 0 Å². The van der Waals surface area contributed by atoms with E-state index in [1.165, 1.54) is 38.8 Å². The van der Waals surface area contributed by atoms with Crippen LogP contribution in [0.3, 0.4) is 0 Å². The molecule has 0 aliphatic carbocycles. The average molecular weight is 323 g/mol. The second-order valence-corrected chi connectivity index (χ2v) is 6.48. The molecule has 0 bridgehead atoms. The smallest absolute Gasteiger partial charge is 0.226 e. The van der Waals surface area contributed by atoms with Crippen molar-refractivity contribution < 1.29 is 4.79 Å². The standard InChI is InChI=1S/C15H19BrN2O/c16-12-5-1-2-6-13(12)17-14(19)11-15-7-3-9-18(15)10-4-8-15/h1-2,5-6H,3-4,7-11H2,(H,17,19). The first-order valence-corrected chi connectivity index (χ1v) is 7.78. The first-order chi connectivity index (χ1) is 9.20. The van der Waals surface area contributed by atoms with Gasteiger partial charge in [-0.2, -0.15) is 0 Å². The second-order valence-electron chi connectivity index (χ2n) is 5.62. The summed E-state index contributed by atoms with van der Waals surface area (Å²) in [4.78, 5) is 14.8. The minimum atomic E-state index is 0.140. The van der Waals surface area contributed by atoms with E-state index >= 15 is 0 Å². The van der Waals surface area contributed by atoms with Crippen LogP contribution in [-0.4, -0.2) is 29.4 Å². The van der Waals surface area contributed by atoms with Gasteiger partial charge in [0.2, 0.25) is 5.91 Å². The quantitative estimate of drug-likeness (QED) is 0.924. The lowest BCUT2D eigenvalue weighted by Gasteiger charge is -2.31. The Morgan fingerprint density at radius 3 is 2.63 bits per heavy atom. The average Bonchev–Trinajstić information content (AvgIpc) is 2.91. The van der Waals surface area contributed by atoms with E-state index in [-0.39, 0.29) is 11.4 Å². The minimum absolute atomic E-state index is 0.140. The van der Waals surface area contributed by atoms with Gasteiger partial charge in [0.05, 0.1) is 5.69 Å². The maximum atomic E-state index is 12.3. The normalized spacial score (nSPS) is 21.3. The zero-order valence-corrected chi connectivity index (χ0v) is 12.6. The number of benzene rings is 1. The fraction of sp³-hybridized carbons (Fsp3) is 0.533. The highest BCUT2D eigenvalue weighted by atomic mass is 79.9. The van der Waals surface area contributed by atoms with Gasteiger partial charge in [0.25, 0.3) is 0 Å². The van der Waals surface area contributed by atoms with E-state index < -0.39 is 0 Å². The highest BCUT2D eigenvalue weighted by Crippen LogP contribution is 2.41. The van der Waals surface area contributed by atoms with Crippen LogP contribution in [0.2, 0.25) is 0 Å². The minimum Gasteiger partial charge on any atom is -0.325 e. The number of carbonyl (C=O) groups excluding carboxylic acids is 1. The van der Waals surface area contributed by atoms with Crippen molar-refractivity contribution in [3.05, 3.63) is 28.7 Å². The maximum absolute atomic E-state index is 12.3. The molecule has 0 radical (unpaired) electrons. The molecule has 1 N–H and O–H groups in total. The number of amides is 1. The third kappa shape index (κ3) is 2.56. The summed E-state index contributed by atoms with van der Waals surface area (Å²) in [6.07, 6.45) is 5.46. The molecule has 1 aromatic rings. The molecule has 1 amide bonds. The third-order valence-electron chi connectivity index (χ3n) is 4.45. The zero-order chi connectivity index (χ0) is 13.3. The van der Waals surface area contributed by atoms with Crippen molar-refractivity contribution in [2.24, 2.45) is 0 Å². The zero-order valence-electron chi connectivity index (χ0n) is 11.0. The van der Waals surface area contributed by atoms with Gasteiger partial charge >= 0.3 is 0 Å². The topological polar surface area (TPSA) is 32.3 Å². The summed E-state index contributed by atoms with van der Waals surface area (Å²) < 4.78 is 0.940. The van der Waals surface area contributed by atoms with Crippen LogP contribution < -0.4 is 5.32 Å². The Bertz CT molecular complexity index is 479. The Labute approximate surface area is 122 Å². The SMILES string of the molecule is O=C(CC12CCCN1CCC2)Nc1ccccc1Br. The van der Waals surface area contributed by atoms with Crippen molar-refractivity contribution in [1.29, 1.82) is 0 Å². The fourth-order valence-electron chi connectivity index (χ4n) is 3.57. The highest BCUT2D eigenvalue weighted by molar-refractivity contribution is 9.10. The molecule has 2 fully saturated rings. The van der Waals surface area contributed by atoms with E-state index in [4.69, 9.17) is 0 Å². The molecule has 3 rings (SSSR count). The molecule has 2 saturated heterocycles. The molecule has 3 nitrogen and oxygen atoms in total. The van der Waals surface area contributed by atoms with Gasteiger partial charge in [-0.1, -0.05) is 12.1 Å². The Hall–Kier alpha value is -0.870. The van der Waals surface area contributed by atoms with Gasteiger partial charge in [0, 0.05) is 16.4 Å². The van der Waals surface area contributed by atoms with Crippen molar-refractivity contribution in [2.45, 2.75) is 37.6 Å². The van der Waals surface area contributed by atoms with Crippen molar-refractivity contribution in [2.75, 3.05) is 18.4 Å². The van der Waals surface area contributed by atoms with Crippen LogP contribution in [0.1, 0.15) is 32.1 Å². The fourth-order valence-corrected chi connectivity index (χ4v) is 3.95. The molecular formula is C15H19BrN2O. The van der Waals surface area contributed by atoms with Crippen LogP contribution in [0.4, 0.5) is 5.69 Å². The second kappa shape index (κ2) is 5.25. The molecule has 0 aromatic heterocycles. The van der Waals surface area contributed by atoms with Gasteiger partial charge in [-0.05, 0) is 66.8 Å². The molecular weight excluding hydrogens is 304 g/mol. The molecule has 0 atom stereocenters. The van der Waals surface area contributed by atoms with Crippen LogP contribution in [0.25, 0.3) is 0 Å². The predicted octanol–water partition coefficient (Wildman–Crippen LogP) is 3.41. The molecule has 2 aliphatic heterocycles. The summed E-state index contributed by atoms with van der Waals surface area (Å²) in [5.41, 5.74) is 1.03. The van der Waals surface area contributed by atoms with E-state index in [0.29, 0.717) is 6.42 Å². The van der Waals surface area contributed by atoms with E-state index in [0.717, 1.165) is 10.2 Å². The van der Waals surface area contributed by atoms with Gasteiger partial charge < -0.3 is 5.32 Å². The summed E-state index contributed by atoms with van der Waals surface area (Å²) in [6.45, 7) is 2.34. The molecule has 2 aliphatic rings. The number of hydrogen-bond acceptors (Lipinski definition) is 2. The van der Waals surface area contributed by atoms with E-state index in [2.05, 4.69) is 26.1 Å². The third-order valence-corrected chi connectivity index (χ3v) is 5.14. The summed E-state index contributed by atoms with van der Waals surface area (Å²) in [6, 6.07) is 7.77. The molecule has 1 aromatic carbocycles. The predicted molar refractivity (Wildman–Crippen MR) is 80.2 cm³/mol. The van der Waals surface area contributed by atoms with E-state index in [9.17, 15) is 4.79 Å². The summed E-state index contributed by atoms with van der Waals surface area (Å²) in [5.74, 6) is 0.140. The van der Waals surface area contributed by atoms with Gasteiger partial charge in [0.15, 0.2) is 0 Å². The molecule has 0 unspecified atom stereocenters. The summed E-state index contributed by atoms with van der Waals surface area (Å²) >= 11 is 3.47. The number of para-hydroxylation sites is 1. The number of carbonyl (C=O) groups is 1. The van der Waals surface area contributed by atoms with Crippen LogP contribution in [-0.2, 0) is 4.79 Å². The van der Waals surface area contributed by atoms with Crippen molar-refractivity contribution in [1.82, 2.24) is 4.90 Å². The lowest BCUT2D eigenvalue weighted by atomic mass is 9.90.